The molecule has 0 aliphatic carbocycles. The Balaban J connectivity index is 1.62. The van der Waals surface area contributed by atoms with Crippen molar-refractivity contribution in [2.75, 3.05) is 19.8 Å². The molecule has 1 aliphatic rings. The minimum absolute atomic E-state index is 0.149. The minimum atomic E-state index is -0.405. The molecule has 2 aromatic heterocycles. The molecule has 122 valence electrons. The van der Waals surface area contributed by atoms with E-state index in [9.17, 15) is 4.79 Å². The summed E-state index contributed by atoms with van der Waals surface area (Å²) >= 11 is 1.39. The molecule has 0 N–H and O–H groups in total. The first-order chi connectivity index (χ1) is 11.8. The van der Waals surface area contributed by atoms with Crippen LogP contribution in [0.3, 0.4) is 0 Å². The van der Waals surface area contributed by atoms with Crippen LogP contribution in [0.2, 0.25) is 0 Å². The highest BCUT2D eigenvalue weighted by atomic mass is 32.1. The van der Waals surface area contributed by atoms with E-state index in [1.807, 2.05) is 30.3 Å². The summed E-state index contributed by atoms with van der Waals surface area (Å²) in [4.78, 5) is 22.9. The van der Waals surface area contributed by atoms with E-state index in [4.69, 9.17) is 9.26 Å². The second kappa shape index (κ2) is 6.50. The highest BCUT2D eigenvalue weighted by molar-refractivity contribution is 7.07. The van der Waals surface area contributed by atoms with Crippen LogP contribution in [-0.2, 0) is 4.74 Å². The van der Waals surface area contributed by atoms with Gasteiger partial charge in [0.2, 0.25) is 5.82 Å². The molecule has 8 heteroatoms. The molecule has 0 bridgehead atoms. The maximum absolute atomic E-state index is 12.6. The van der Waals surface area contributed by atoms with Gasteiger partial charge in [-0.3, -0.25) is 4.79 Å². The van der Waals surface area contributed by atoms with Crippen LogP contribution in [0, 0.1) is 0 Å². The Labute approximate surface area is 141 Å². The van der Waals surface area contributed by atoms with Crippen LogP contribution in [0.25, 0.3) is 11.4 Å². The van der Waals surface area contributed by atoms with E-state index >= 15 is 0 Å². The number of carbonyl (C=O) groups is 1. The number of hydrogen-bond acceptors (Lipinski definition) is 7. The van der Waals surface area contributed by atoms with Crippen LogP contribution in [0.5, 0.6) is 0 Å². The number of carbonyl (C=O) groups excluding carboxylic acids is 1. The maximum atomic E-state index is 12.6. The summed E-state index contributed by atoms with van der Waals surface area (Å²) in [5.74, 6) is 0.721. The fraction of sp³-hybridized carbons (Fsp3) is 0.250. The quantitative estimate of drug-likeness (QED) is 0.727. The fourth-order valence-corrected chi connectivity index (χ4v) is 3.12. The lowest BCUT2D eigenvalue weighted by Crippen LogP contribution is -2.43. The molecule has 1 saturated heterocycles. The summed E-state index contributed by atoms with van der Waals surface area (Å²) < 4.78 is 10.9. The summed E-state index contributed by atoms with van der Waals surface area (Å²) in [5.41, 5.74) is 2.93. The summed E-state index contributed by atoms with van der Waals surface area (Å²) in [6, 6.07) is 9.15. The predicted octanol–water partition coefficient (Wildman–Crippen LogP) is 2.41. The molecule has 1 aliphatic heterocycles. The first kappa shape index (κ1) is 15.0. The van der Waals surface area contributed by atoms with Gasteiger partial charge in [0.05, 0.1) is 18.7 Å². The van der Waals surface area contributed by atoms with Gasteiger partial charge in [-0.25, -0.2) is 4.98 Å². The first-order valence-corrected chi connectivity index (χ1v) is 8.43. The van der Waals surface area contributed by atoms with Crippen LogP contribution in [0.4, 0.5) is 0 Å². The van der Waals surface area contributed by atoms with Crippen molar-refractivity contribution in [2.45, 2.75) is 6.04 Å². The van der Waals surface area contributed by atoms with Crippen LogP contribution in [-0.4, -0.2) is 45.7 Å². The average Bonchev–Trinajstić information content (AvgIpc) is 3.34. The Hall–Kier alpha value is -2.58. The summed E-state index contributed by atoms with van der Waals surface area (Å²) in [5, 5.41) is 5.76. The zero-order valence-corrected chi connectivity index (χ0v) is 13.5. The lowest BCUT2D eigenvalue weighted by molar-refractivity contribution is -0.0121. The molecule has 3 heterocycles. The second-order valence-corrected chi connectivity index (χ2v) is 6.00. The van der Waals surface area contributed by atoms with Gasteiger partial charge in [-0.05, 0) is 0 Å². The van der Waals surface area contributed by atoms with Crippen molar-refractivity contribution in [3.63, 3.8) is 0 Å². The molecule has 1 fully saturated rings. The van der Waals surface area contributed by atoms with Crippen molar-refractivity contribution in [1.82, 2.24) is 20.0 Å². The van der Waals surface area contributed by atoms with Gasteiger partial charge < -0.3 is 14.2 Å². The summed E-state index contributed by atoms with van der Waals surface area (Å²) in [6.45, 7) is 1.27. The Morgan fingerprint density at radius 3 is 2.96 bits per heavy atom. The molecule has 1 unspecified atom stereocenters. The van der Waals surface area contributed by atoms with Crippen LogP contribution >= 0.6 is 11.3 Å². The molecule has 1 aromatic carbocycles. The zero-order valence-electron chi connectivity index (χ0n) is 12.7. The zero-order chi connectivity index (χ0) is 16.4. The third-order valence-electron chi connectivity index (χ3n) is 3.80. The minimum Gasteiger partial charge on any atom is -0.377 e. The van der Waals surface area contributed by atoms with Crippen molar-refractivity contribution >= 4 is 17.2 Å². The number of nitrogens with zero attached hydrogens (tertiary/aromatic N) is 4. The van der Waals surface area contributed by atoms with Crippen LogP contribution in [0.15, 0.2) is 45.7 Å². The maximum Gasteiger partial charge on any atom is 0.274 e. The van der Waals surface area contributed by atoms with E-state index in [2.05, 4.69) is 15.1 Å². The van der Waals surface area contributed by atoms with Crippen LogP contribution in [0.1, 0.15) is 22.4 Å². The SMILES string of the molecule is O=C(c1cscn1)N1CCOCC1c1nc(-c2ccccc2)no1. The van der Waals surface area contributed by atoms with Crippen molar-refractivity contribution < 1.29 is 14.1 Å². The highest BCUT2D eigenvalue weighted by Crippen LogP contribution is 2.26. The van der Waals surface area contributed by atoms with Crippen molar-refractivity contribution in [1.29, 1.82) is 0 Å². The Kier molecular flexibility index (Phi) is 4.06. The number of amides is 1. The van der Waals surface area contributed by atoms with Gasteiger partial charge in [-0.1, -0.05) is 35.5 Å². The van der Waals surface area contributed by atoms with Gasteiger partial charge in [-0.2, -0.15) is 4.98 Å². The predicted molar refractivity (Wildman–Crippen MR) is 86.4 cm³/mol. The molecule has 1 amide bonds. The molecule has 3 aromatic rings. The van der Waals surface area contributed by atoms with Gasteiger partial charge in [-0.15, -0.1) is 11.3 Å². The molecule has 7 nitrogen and oxygen atoms in total. The van der Waals surface area contributed by atoms with E-state index in [1.54, 1.807) is 15.8 Å². The first-order valence-electron chi connectivity index (χ1n) is 7.49. The lowest BCUT2D eigenvalue weighted by Gasteiger charge is -2.32. The van der Waals surface area contributed by atoms with E-state index in [0.29, 0.717) is 37.2 Å². The van der Waals surface area contributed by atoms with E-state index < -0.39 is 6.04 Å². The molecule has 0 saturated carbocycles. The number of ether oxygens (including phenoxy) is 1. The van der Waals surface area contributed by atoms with E-state index in [-0.39, 0.29) is 5.91 Å². The van der Waals surface area contributed by atoms with Gasteiger partial charge in [0.25, 0.3) is 11.8 Å². The molecule has 0 radical (unpaired) electrons. The fourth-order valence-electron chi connectivity index (χ4n) is 2.59. The number of thiazole rings is 1. The molecule has 4 rings (SSSR count). The smallest absolute Gasteiger partial charge is 0.274 e. The standard InChI is InChI=1S/C16H14N4O3S/c21-16(12-9-24-10-17-12)20-6-7-22-8-13(20)15-18-14(19-23-15)11-4-2-1-3-5-11/h1-5,9-10,13H,6-8H2. The molecule has 1 atom stereocenters. The van der Waals surface area contributed by atoms with E-state index in [1.165, 1.54) is 11.3 Å². The molecule has 0 spiro atoms. The Morgan fingerprint density at radius 1 is 1.29 bits per heavy atom. The number of benzene rings is 1. The largest absolute Gasteiger partial charge is 0.377 e. The van der Waals surface area contributed by atoms with Gasteiger partial charge in [0.1, 0.15) is 11.7 Å². The number of hydrogen-bond donors (Lipinski definition) is 0. The molecule has 24 heavy (non-hydrogen) atoms. The third-order valence-corrected chi connectivity index (χ3v) is 4.39. The topological polar surface area (TPSA) is 81.4 Å². The number of morpholine rings is 1. The lowest BCUT2D eigenvalue weighted by atomic mass is 10.2. The molecular weight excluding hydrogens is 328 g/mol. The number of aromatic nitrogens is 3. The average molecular weight is 342 g/mol. The second-order valence-electron chi connectivity index (χ2n) is 5.29. The van der Waals surface area contributed by atoms with Crippen molar-refractivity contribution in [3.8, 4) is 11.4 Å². The monoisotopic (exact) mass is 342 g/mol. The summed E-state index contributed by atoms with van der Waals surface area (Å²) in [6.07, 6.45) is 0. The van der Waals surface area contributed by atoms with Gasteiger partial charge in [0, 0.05) is 17.5 Å². The normalized spacial score (nSPS) is 17.8. The van der Waals surface area contributed by atoms with Crippen LogP contribution < -0.4 is 0 Å². The Morgan fingerprint density at radius 2 is 2.17 bits per heavy atom. The highest BCUT2D eigenvalue weighted by Gasteiger charge is 2.34. The van der Waals surface area contributed by atoms with Gasteiger partial charge >= 0.3 is 0 Å². The van der Waals surface area contributed by atoms with Gasteiger partial charge in [0.15, 0.2) is 0 Å². The number of rotatable bonds is 3. The molecular formula is C16H14N4O3S. The summed E-state index contributed by atoms with van der Waals surface area (Å²) in [7, 11) is 0. The van der Waals surface area contributed by atoms with Crippen molar-refractivity contribution in [3.05, 3.63) is 52.8 Å². The van der Waals surface area contributed by atoms with Crippen molar-refractivity contribution in [2.24, 2.45) is 0 Å². The van der Waals surface area contributed by atoms with E-state index in [0.717, 1.165) is 5.56 Å². The Bertz CT molecular complexity index is 819. The third kappa shape index (κ3) is 2.81.